The van der Waals surface area contributed by atoms with Crippen LogP contribution in [-0.4, -0.2) is 12.1 Å². The van der Waals surface area contributed by atoms with Gasteiger partial charge in [-0.05, 0) is 18.4 Å². The first-order valence-electron chi connectivity index (χ1n) is 7.19. The topological polar surface area (TPSA) is 35.2 Å². The molecule has 1 aromatic rings. The third kappa shape index (κ3) is 4.43. The molecule has 0 unspecified atom stereocenters. The quantitative estimate of drug-likeness (QED) is 0.881. The molecule has 100 valence electrons. The summed E-state index contributed by atoms with van der Waals surface area (Å²) in [6.07, 6.45) is 8.77. The molecule has 2 heteroatoms. The van der Waals surface area contributed by atoms with Gasteiger partial charge >= 0.3 is 0 Å². The highest BCUT2D eigenvalue weighted by Gasteiger charge is 2.25. The second kappa shape index (κ2) is 6.91. The van der Waals surface area contributed by atoms with Crippen molar-refractivity contribution in [3.8, 4) is 0 Å². The zero-order chi connectivity index (χ0) is 12.7. The van der Waals surface area contributed by atoms with Crippen LogP contribution < -0.4 is 5.73 Å². The van der Waals surface area contributed by atoms with Gasteiger partial charge in [-0.2, -0.15) is 0 Å². The summed E-state index contributed by atoms with van der Waals surface area (Å²) < 4.78 is 5.83. The first-order chi connectivity index (χ1) is 8.79. The molecule has 2 nitrogen and oxygen atoms in total. The van der Waals surface area contributed by atoms with E-state index in [2.05, 4.69) is 12.1 Å². The molecule has 1 aliphatic rings. The first-order valence-corrected chi connectivity index (χ1v) is 7.19. The minimum atomic E-state index is -0.0881. The Morgan fingerprint density at radius 1 is 0.944 bits per heavy atom. The van der Waals surface area contributed by atoms with Crippen molar-refractivity contribution in [1.82, 2.24) is 0 Å². The van der Waals surface area contributed by atoms with Gasteiger partial charge in [-0.15, -0.1) is 0 Å². The van der Waals surface area contributed by atoms with Crippen LogP contribution in [0.15, 0.2) is 30.3 Å². The van der Waals surface area contributed by atoms with E-state index in [-0.39, 0.29) is 5.54 Å². The fraction of sp³-hybridized carbons (Fsp3) is 0.625. The maximum Gasteiger partial charge on any atom is 0.0717 e. The Morgan fingerprint density at radius 3 is 2.22 bits per heavy atom. The molecular formula is C16H25NO. The molecule has 0 heterocycles. The van der Waals surface area contributed by atoms with Gasteiger partial charge in [0.1, 0.15) is 0 Å². The maximum absolute atomic E-state index is 6.47. The van der Waals surface area contributed by atoms with Crippen molar-refractivity contribution in [2.24, 2.45) is 5.73 Å². The van der Waals surface area contributed by atoms with Gasteiger partial charge in [-0.25, -0.2) is 0 Å². The van der Waals surface area contributed by atoms with Crippen LogP contribution in [0.3, 0.4) is 0 Å². The highest BCUT2D eigenvalue weighted by atomic mass is 16.5. The lowest BCUT2D eigenvalue weighted by Crippen LogP contribution is -2.44. The van der Waals surface area contributed by atoms with Crippen molar-refractivity contribution in [2.75, 3.05) is 6.61 Å². The summed E-state index contributed by atoms with van der Waals surface area (Å²) in [5.74, 6) is 0. The molecule has 1 saturated carbocycles. The Morgan fingerprint density at radius 2 is 1.56 bits per heavy atom. The normalized spacial score (nSPS) is 20.1. The molecule has 2 rings (SSSR count). The van der Waals surface area contributed by atoms with Crippen LogP contribution in [0.25, 0.3) is 0 Å². The van der Waals surface area contributed by atoms with E-state index in [9.17, 15) is 0 Å². The number of hydrogen-bond acceptors (Lipinski definition) is 2. The van der Waals surface area contributed by atoms with E-state index in [0.29, 0.717) is 13.2 Å². The van der Waals surface area contributed by atoms with E-state index in [4.69, 9.17) is 10.5 Å². The average Bonchev–Trinajstić information content (AvgIpc) is 2.36. The molecule has 0 radical (unpaired) electrons. The first kappa shape index (κ1) is 13.6. The minimum Gasteiger partial charge on any atom is -0.375 e. The van der Waals surface area contributed by atoms with Crippen LogP contribution in [0.2, 0.25) is 0 Å². The Balaban J connectivity index is 1.77. The van der Waals surface area contributed by atoms with Crippen LogP contribution in [0, 0.1) is 0 Å². The highest BCUT2D eigenvalue weighted by molar-refractivity contribution is 5.13. The monoisotopic (exact) mass is 247 g/mol. The van der Waals surface area contributed by atoms with Gasteiger partial charge in [0, 0.05) is 5.54 Å². The fourth-order valence-electron chi connectivity index (χ4n) is 2.70. The fourth-order valence-corrected chi connectivity index (χ4v) is 2.70. The lowest BCUT2D eigenvalue weighted by molar-refractivity contribution is 0.0619. The van der Waals surface area contributed by atoms with Crippen molar-refractivity contribution in [3.63, 3.8) is 0 Å². The van der Waals surface area contributed by atoms with E-state index < -0.39 is 0 Å². The Labute approximate surface area is 111 Å². The van der Waals surface area contributed by atoms with Gasteiger partial charge in [0.25, 0.3) is 0 Å². The average molecular weight is 247 g/mol. The molecule has 0 bridgehead atoms. The van der Waals surface area contributed by atoms with E-state index in [1.807, 2.05) is 18.2 Å². The Kier molecular flexibility index (Phi) is 5.21. The van der Waals surface area contributed by atoms with Crippen LogP contribution in [0.5, 0.6) is 0 Å². The molecule has 0 spiro atoms. The van der Waals surface area contributed by atoms with E-state index in [0.717, 1.165) is 12.8 Å². The largest absolute Gasteiger partial charge is 0.375 e. The van der Waals surface area contributed by atoms with Gasteiger partial charge in [0.05, 0.1) is 13.2 Å². The Bertz CT molecular complexity index is 328. The zero-order valence-electron chi connectivity index (χ0n) is 11.2. The lowest BCUT2D eigenvalue weighted by atomic mass is 9.85. The molecule has 0 amide bonds. The zero-order valence-corrected chi connectivity index (χ0v) is 11.2. The summed E-state index contributed by atoms with van der Waals surface area (Å²) in [4.78, 5) is 0. The second-order valence-corrected chi connectivity index (χ2v) is 5.61. The van der Waals surface area contributed by atoms with Gasteiger partial charge in [-0.1, -0.05) is 62.4 Å². The molecule has 1 fully saturated rings. The molecule has 0 aliphatic heterocycles. The molecule has 2 N–H and O–H groups in total. The molecule has 0 atom stereocenters. The standard InChI is InChI=1S/C16H25NO/c17-16(11-7-2-1-3-8-12-16)14-18-13-15-9-5-4-6-10-15/h4-6,9-10H,1-3,7-8,11-14,17H2. The van der Waals surface area contributed by atoms with E-state index >= 15 is 0 Å². The summed E-state index contributed by atoms with van der Waals surface area (Å²) in [7, 11) is 0. The number of hydrogen-bond donors (Lipinski definition) is 1. The highest BCUT2D eigenvalue weighted by Crippen LogP contribution is 2.24. The lowest BCUT2D eigenvalue weighted by Gasteiger charge is -2.31. The third-order valence-corrected chi connectivity index (χ3v) is 3.85. The van der Waals surface area contributed by atoms with E-state index in [1.54, 1.807) is 0 Å². The van der Waals surface area contributed by atoms with Crippen LogP contribution in [0.4, 0.5) is 0 Å². The second-order valence-electron chi connectivity index (χ2n) is 5.61. The van der Waals surface area contributed by atoms with Crippen molar-refractivity contribution < 1.29 is 4.74 Å². The van der Waals surface area contributed by atoms with Crippen molar-refractivity contribution in [1.29, 1.82) is 0 Å². The molecule has 0 saturated heterocycles. The van der Waals surface area contributed by atoms with Gasteiger partial charge in [0.2, 0.25) is 0 Å². The molecular weight excluding hydrogens is 222 g/mol. The van der Waals surface area contributed by atoms with E-state index in [1.165, 1.54) is 37.7 Å². The maximum atomic E-state index is 6.47. The van der Waals surface area contributed by atoms with Crippen LogP contribution in [-0.2, 0) is 11.3 Å². The predicted octanol–water partition coefficient (Wildman–Crippen LogP) is 3.65. The number of benzene rings is 1. The summed E-state index contributed by atoms with van der Waals surface area (Å²) in [5.41, 5.74) is 7.61. The van der Waals surface area contributed by atoms with Crippen molar-refractivity contribution >= 4 is 0 Å². The van der Waals surface area contributed by atoms with Crippen LogP contribution >= 0.6 is 0 Å². The summed E-state index contributed by atoms with van der Waals surface area (Å²) in [5, 5.41) is 0. The van der Waals surface area contributed by atoms with Crippen molar-refractivity contribution in [2.45, 2.75) is 57.1 Å². The Hall–Kier alpha value is -0.860. The SMILES string of the molecule is NC1(COCc2ccccc2)CCCCCCC1. The number of nitrogens with two attached hydrogens (primary N) is 1. The molecule has 18 heavy (non-hydrogen) atoms. The molecule has 1 aromatic carbocycles. The van der Waals surface area contributed by atoms with Gasteiger partial charge in [-0.3, -0.25) is 0 Å². The molecule has 1 aliphatic carbocycles. The molecule has 0 aromatic heterocycles. The van der Waals surface area contributed by atoms with Crippen molar-refractivity contribution in [3.05, 3.63) is 35.9 Å². The predicted molar refractivity (Wildman–Crippen MR) is 75.3 cm³/mol. The summed E-state index contributed by atoms with van der Waals surface area (Å²) in [6.45, 7) is 1.38. The smallest absolute Gasteiger partial charge is 0.0717 e. The summed E-state index contributed by atoms with van der Waals surface area (Å²) >= 11 is 0. The third-order valence-electron chi connectivity index (χ3n) is 3.85. The van der Waals surface area contributed by atoms with Gasteiger partial charge in [0.15, 0.2) is 0 Å². The summed E-state index contributed by atoms with van der Waals surface area (Å²) in [6, 6.07) is 10.3. The number of rotatable bonds is 4. The van der Waals surface area contributed by atoms with Gasteiger partial charge < -0.3 is 10.5 Å². The minimum absolute atomic E-state index is 0.0881. The number of ether oxygens (including phenoxy) is 1. The van der Waals surface area contributed by atoms with Crippen LogP contribution in [0.1, 0.15) is 50.5 Å².